The zero-order valence-corrected chi connectivity index (χ0v) is 11.9. The van der Waals surface area contributed by atoms with Gasteiger partial charge in [-0.1, -0.05) is 26.0 Å². The third-order valence-corrected chi connectivity index (χ3v) is 5.89. The lowest BCUT2D eigenvalue weighted by Crippen LogP contribution is -2.40. The second-order valence-corrected chi connectivity index (χ2v) is 7.45. The summed E-state index contributed by atoms with van der Waals surface area (Å²) < 4.78 is 29.7. The molecule has 1 fully saturated rings. The molecule has 0 radical (unpaired) electrons. The first-order valence-corrected chi connectivity index (χ1v) is 7.86. The Balaban J connectivity index is 2.16. The normalized spacial score (nSPS) is 24.0. The summed E-state index contributed by atoms with van der Waals surface area (Å²) in [6.45, 7) is 4.19. The van der Waals surface area contributed by atoms with Gasteiger partial charge in [-0.15, -0.1) is 0 Å². The molecular weight excluding hydrogens is 248 g/mol. The molecule has 0 heterocycles. The summed E-state index contributed by atoms with van der Waals surface area (Å²) in [7, 11) is -1.54. The van der Waals surface area contributed by atoms with Crippen LogP contribution in [0.4, 0.5) is 0 Å². The molecule has 1 aliphatic carbocycles. The third-order valence-electron chi connectivity index (χ3n) is 3.70. The summed E-state index contributed by atoms with van der Waals surface area (Å²) in [6.07, 6.45) is 1.34. The maximum absolute atomic E-state index is 12.3. The summed E-state index contributed by atoms with van der Waals surface area (Å²) in [5, 5.41) is -0.271. The Morgan fingerprint density at radius 1 is 1.17 bits per heavy atom. The van der Waals surface area contributed by atoms with Crippen molar-refractivity contribution in [3.8, 4) is 0 Å². The highest BCUT2D eigenvalue weighted by Crippen LogP contribution is 2.33. The maximum Gasteiger partial charge on any atom is 0.181 e. The quantitative estimate of drug-likeness (QED) is 0.843. The third kappa shape index (κ3) is 2.45. The van der Waals surface area contributed by atoms with Crippen LogP contribution in [0.15, 0.2) is 29.2 Å². The molecule has 3 nitrogen and oxygen atoms in total. The van der Waals surface area contributed by atoms with E-state index in [1.165, 1.54) is 0 Å². The van der Waals surface area contributed by atoms with Crippen LogP contribution in [0, 0.1) is 0 Å². The van der Waals surface area contributed by atoms with Crippen LogP contribution < -0.4 is 0 Å². The topological polar surface area (TPSA) is 43.4 Å². The number of benzene rings is 1. The predicted molar refractivity (Wildman–Crippen MR) is 71.5 cm³/mol. The lowest BCUT2D eigenvalue weighted by Gasteiger charge is -2.33. The molecule has 1 aromatic carbocycles. The Labute approximate surface area is 109 Å². The van der Waals surface area contributed by atoms with Gasteiger partial charge in [-0.3, -0.25) is 0 Å². The Kier molecular flexibility index (Phi) is 3.78. The fourth-order valence-electron chi connectivity index (χ4n) is 2.20. The molecule has 0 bridgehead atoms. The molecule has 0 atom stereocenters. The van der Waals surface area contributed by atoms with Crippen LogP contribution in [-0.4, -0.2) is 26.9 Å². The van der Waals surface area contributed by atoms with Gasteiger partial charge in [0, 0.05) is 7.11 Å². The van der Waals surface area contributed by atoms with Crippen LogP contribution in [0.25, 0.3) is 0 Å². The van der Waals surface area contributed by atoms with Crippen molar-refractivity contribution in [1.29, 1.82) is 0 Å². The van der Waals surface area contributed by atoms with Crippen LogP contribution in [0.5, 0.6) is 0 Å². The minimum absolute atomic E-state index is 0.111. The van der Waals surface area contributed by atoms with Crippen LogP contribution in [-0.2, 0) is 14.6 Å². The molecule has 0 spiro atoms. The highest BCUT2D eigenvalue weighted by atomic mass is 32.2. The average Bonchev–Trinajstić information content (AvgIpc) is 2.27. The SMILES string of the molecule is COC1CC(S(=O)(=O)c2ccc(C(C)C)cc2)C1. The van der Waals surface area contributed by atoms with E-state index in [4.69, 9.17) is 4.74 Å². The monoisotopic (exact) mass is 268 g/mol. The Bertz CT molecular complexity index is 496. The van der Waals surface area contributed by atoms with Crippen molar-refractivity contribution in [3.63, 3.8) is 0 Å². The summed E-state index contributed by atoms with van der Waals surface area (Å²) in [5.74, 6) is 0.420. The van der Waals surface area contributed by atoms with Gasteiger partial charge in [-0.2, -0.15) is 0 Å². The van der Waals surface area contributed by atoms with Gasteiger partial charge in [-0.05, 0) is 36.5 Å². The molecule has 100 valence electrons. The first-order valence-electron chi connectivity index (χ1n) is 6.31. The standard InChI is InChI=1S/C14H20O3S/c1-10(2)11-4-6-13(7-5-11)18(15,16)14-8-12(9-14)17-3/h4-7,10,12,14H,8-9H2,1-3H3. The van der Waals surface area contributed by atoms with E-state index in [1.54, 1.807) is 19.2 Å². The van der Waals surface area contributed by atoms with Gasteiger partial charge < -0.3 is 4.74 Å². The van der Waals surface area contributed by atoms with Gasteiger partial charge in [0.25, 0.3) is 0 Å². The lowest BCUT2D eigenvalue weighted by atomic mass is 9.95. The summed E-state index contributed by atoms with van der Waals surface area (Å²) in [4.78, 5) is 0.437. The molecule has 0 unspecified atom stereocenters. The Hall–Kier alpha value is -0.870. The van der Waals surface area contributed by atoms with E-state index in [1.807, 2.05) is 12.1 Å². The van der Waals surface area contributed by atoms with Gasteiger partial charge in [0.15, 0.2) is 9.84 Å². The predicted octanol–water partition coefficient (Wildman–Crippen LogP) is 2.76. The van der Waals surface area contributed by atoms with Crippen LogP contribution in [0.1, 0.15) is 38.2 Å². The number of ether oxygens (including phenoxy) is 1. The first-order chi connectivity index (χ1) is 8.45. The lowest BCUT2D eigenvalue weighted by molar-refractivity contribution is 0.0436. The smallest absolute Gasteiger partial charge is 0.181 e. The molecule has 0 aromatic heterocycles. The zero-order chi connectivity index (χ0) is 13.3. The summed E-state index contributed by atoms with van der Waals surface area (Å²) in [6, 6.07) is 7.27. The molecule has 4 heteroatoms. The van der Waals surface area contributed by atoms with Gasteiger partial charge in [0.2, 0.25) is 0 Å². The van der Waals surface area contributed by atoms with Crippen molar-refractivity contribution in [1.82, 2.24) is 0 Å². The minimum atomic E-state index is -3.17. The molecule has 0 N–H and O–H groups in total. The van der Waals surface area contributed by atoms with Crippen molar-refractivity contribution in [2.45, 2.75) is 48.9 Å². The van der Waals surface area contributed by atoms with Gasteiger partial charge in [0.05, 0.1) is 16.2 Å². The van der Waals surface area contributed by atoms with Crippen molar-refractivity contribution in [2.75, 3.05) is 7.11 Å². The number of sulfone groups is 1. The van der Waals surface area contributed by atoms with E-state index in [0.29, 0.717) is 23.7 Å². The van der Waals surface area contributed by atoms with Gasteiger partial charge in [-0.25, -0.2) is 8.42 Å². The molecule has 18 heavy (non-hydrogen) atoms. The molecular formula is C14H20O3S. The van der Waals surface area contributed by atoms with Crippen molar-refractivity contribution < 1.29 is 13.2 Å². The molecule has 0 aliphatic heterocycles. The van der Waals surface area contributed by atoms with Crippen LogP contribution in [0.2, 0.25) is 0 Å². The largest absolute Gasteiger partial charge is 0.381 e. The van der Waals surface area contributed by atoms with Gasteiger partial charge >= 0.3 is 0 Å². The molecule has 0 amide bonds. The van der Waals surface area contributed by atoms with Gasteiger partial charge in [0.1, 0.15) is 0 Å². The maximum atomic E-state index is 12.3. The second-order valence-electron chi connectivity index (χ2n) is 5.22. The van der Waals surface area contributed by atoms with E-state index in [-0.39, 0.29) is 11.4 Å². The number of rotatable bonds is 4. The molecule has 1 saturated carbocycles. The van der Waals surface area contributed by atoms with Crippen LogP contribution in [0.3, 0.4) is 0 Å². The second kappa shape index (κ2) is 5.02. The number of methoxy groups -OCH3 is 1. The highest BCUT2D eigenvalue weighted by molar-refractivity contribution is 7.92. The molecule has 1 aromatic rings. The van der Waals surface area contributed by atoms with E-state index in [2.05, 4.69) is 13.8 Å². The molecule has 2 rings (SSSR count). The van der Waals surface area contributed by atoms with Crippen LogP contribution >= 0.6 is 0 Å². The minimum Gasteiger partial charge on any atom is -0.381 e. The number of hydrogen-bond donors (Lipinski definition) is 0. The molecule has 1 aliphatic rings. The van der Waals surface area contributed by atoms with E-state index >= 15 is 0 Å². The van der Waals surface area contributed by atoms with E-state index < -0.39 is 9.84 Å². The fourth-order valence-corrected chi connectivity index (χ4v) is 4.03. The summed E-state index contributed by atoms with van der Waals surface area (Å²) >= 11 is 0. The summed E-state index contributed by atoms with van der Waals surface area (Å²) in [5.41, 5.74) is 1.16. The number of hydrogen-bond acceptors (Lipinski definition) is 3. The fraction of sp³-hybridized carbons (Fsp3) is 0.571. The Morgan fingerprint density at radius 2 is 1.72 bits per heavy atom. The highest BCUT2D eigenvalue weighted by Gasteiger charge is 2.39. The van der Waals surface area contributed by atoms with Crippen molar-refractivity contribution >= 4 is 9.84 Å². The Morgan fingerprint density at radius 3 is 2.17 bits per heavy atom. The van der Waals surface area contributed by atoms with Crippen molar-refractivity contribution in [2.24, 2.45) is 0 Å². The average molecular weight is 268 g/mol. The van der Waals surface area contributed by atoms with E-state index in [9.17, 15) is 8.42 Å². The van der Waals surface area contributed by atoms with E-state index in [0.717, 1.165) is 5.56 Å². The first kappa shape index (κ1) is 13.6. The molecule has 0 saturated heterocycles. The van der Waals surface area contributed by atoms with Crippen molar-refractivity contribution in [3.05, 3.63) is 29.8 Å². The zero-order valence-electron chi connectivity index (χ0n) is 11.1.